The predicted molar refractivity (Wildman–Crippen MR) is 75.9 cm³/mol. The van der Waals surface area contributed by atoms with Gasteiger partial charge in [-0.15, -0.1) is 0 Å². The summed E-state index contributed by atoms with van der Waals surface area (Å²) in [5, 5.41) is 17.6. The Labute approximate surface area is 108 Å². The molecule has 0 fully saturated rings. The Bertz CT molecular complexity index is 138. The predicted octanol–water partition coefficient (Wildman–Crippen LogP) is 0.636. The molecule has 0 aromatic carbocycles. The van der Waals surface area contributed by atoms with Crippen molar-refractivity contribution in [1.29, 1.82) is 0 Å². The van der Waals surface area contributed by atoms with E-state index in [1.54, 1.807) is 23.5 Å². The topological polar surface area (TPSA) is 69.7 Å². The number of thioether (sulfide) groups is 2. The van der Waals surface area contributed by atoms with E-state index in [2.05, 4.69) is 0 Å². The zero-order valence-electron chi connectivity index (χ0n) is 10.7. The van der Waals surface area contributed by atoms with Crippen LogP contribution in [0.25, 0.3) is 0 Å². The van der Waals surface area contributed by atoms with Crippen LogP contribution in [0.5, 0.6) is 0 Å². The van der Waals surface area contributed by atoms with Crippen molar-refractivity contribution in [3.63, 3.8) is 0 Å². The van der Waals surface area contributed by atoms with E-state index in [1.165, 1.54) is 0 Å². The van der Waals surface area contributed by atoms with Crippen molar-refractivity contribution in [1.82, 2.24) is 4.90 Å². The highest BCUT2D eigenvalue weighted by Gasteiger charge is 2.03. The normalized spacial score (nSPS) is 14.2. The number of aliphatic hydroxyl groups excluding tert-OH is 2. The summed E-state index contributed by atoms with van der Waals surface area (Å²) in [6.07, 6.45) is 4.70. The van der Waals surface area contributed by atoms with Crippen LogP contribution in [-0.4, -0.2) is 65.7 Å². The summed E-state index contributed by atoms with van der Waals surface area (Å²) in [5.41, 5.74) is 5.02. The molecule has 0 aromatic rings. The van der Waals surface area contributed by atoms with Crippen molar-refractivity contribution in [2.45, 2.75) is 25.3 Å². The van der Waals surface area contributed by atoms with E-state index in [4.69, 9.17) is 10.8 Å². The molecule has 0 saturated heterocycles. The lowest BCUT2D eigenvalue weighted by Crippen LogP contribution is -2.27. The monoisotopic (exact) mass is 270 g/mol. The molecule has 0 aromatic heterocycles. The van der Waals surface area contributed by atoms with E-state index >= 15 is 0 Å². The van der Waals surface area contributed by atoms with Crippen LogP contribution in [0.15, 0.2) is 0 Å². The molecule has 0 saturated carbocycles. The fraction of sp³-hybridized carbons (Fsp3) is 1.00. The van der Waals surface area contributed by atoms with Crippen LogP contribution < -0.4 is 5.73 Å². The van der Waals surface area contributed by atoms with Crippen LogP contribution in [-0.2, 0) is 0 Å². The molecule has 0 radical (unpaired) electrons. The SMILES string of the molecule is CSCCC(N)O.CSCCC(O)N(C)C. The first-order valence-electron chi connectivity index (χ1n) is 5.21. The molecule has 0 spiro atoms. The first-order chi connectivity index (χ1) is 7.45. The first kappa shape index (κ1) is 18.9. The number of rotatable bonds is 7. The molecule has 0 aliphatic rings. The van der Waals surface area contributed by atoms with Gasteiger partial charge in [0.2, 0.25) is 0 Å². The Morgan fingerprint density at radius 1 is 1.06 bits per heavy atom. The number of hydrogen-bond acceptors (Lipinski definition) is 6. The van der Waals surface area contributed by atoms with Crippen molar-refractivity contribution in [3.8, 4) is 0 Å². The first-order valence-corrected chi connectivity index (χ1v) is 8.00. The molecule has 4 nitrogen and oxygen atoms in total. The molecule has 2 unspecified atom stereocenters. The average molecular weight is 270 g/mol. The van der Waals surface area contributed by atoms with E-state index in [0.717, 1.165) is 17.9 Å². The van der Waals surface area contributed by atoms with Gasteiger partial charge >= 0.3 is 0 Å². The maximum absolute atomic E-state index is 9.17. The second kappa shape index (κ2) is 13.6. The van der Waals surface area contributed by atoms with Crippen LogP contribution in [0.2, 0.25) is 0 Å². The summed E-state index contributed by atoms with van der Waals surface area (Å²) in [5.74, 6) is 1.97. The number of nitrogens with zero attached hydrogens (tertiary/aromatic N) is 1. The molecule has 0 rings (SSSR count). The fourth-order valence-electron chi connectivity index (χ4n) is 0.720. The third-order valence-electron chi connectivity index (χ3n) is 1.79. The van der Waals surface area contributed by atoms with Crippen molar-refractivity contribution < 1.29 is 10.2 Å². The molecule has 0 amide bonds. The van der Waals surface area contributed by atoms with Crippen LogP contribution >= 0.6 is 23.5 Å². The van der Waals surface area contributed by atoms with Gasteiger partial charge < -0.3 is 15.9 Å². The van der Waals surface area contributed by atoms with Crippen molar-refractivity contribution in [2.24, 2.45) is 5.73 Å². The lowest BCUT2D eigenvalue weighted by atomic mass is 10.4. The third-order valence-corrected chi connectivity index (χ3v) is 3.08. The van der Waals surface area contributed by atoms with Gasteiger partial charge in [-0.25, -0.2) is 0 Å². The molecule has 2 atom stereocenters. The Hall–Kier alpha value is 0.540. The largest absolute Gasteiger partial charge is 0.379 e. The molecule has 4 N–H and O–H groups in total. The number of hydrogen-bond donors (Lipinski definition) is 3. The molecule has 0 heterocycles. The molecule has 0 aliphatic heterocycles. The van der Waals surface area contributed by atoms with Gasteiger partial charge in [-0.2, -0.15) is 23.5 Å². The Balaban J connectivity index is 0. The average Bonchev–Trinajstić information content (AvgIpc) is 2.23. The Morgan fingerprint density at radius 2 is 1.50 bits per heavy atom. The minimum Gasteiger partial charge on any atom is -0.379 e. The quantitative estimate of drug-likeness (QED) is 0.590. The second-order valence-corrected chi connectivity index (χ2v) is 5.55. The van der Waals surface area contributed by atoms with Gasteiger partial charge in [0.05, 0.1) is 0 Å². The Morgan fingerprint density at radius 3 is 1.75 bits per heavy atom. The highest BCUT2D eigenvalue weighted by Crippen LogP contribution is 2.01. The van der Waals surface area contributed by atoms with E-state index in [9.17, 15) is 5.11 Å². The summed E-state index contributed by atoms with van der Waals surface area (Å²) in [7, 11) is 3.76. The van der Waals surface area contributed by atoms with Crippen LogP contribution in [0.4, 0.5) is 0 Å². The van der Waals surface area contributed by atoms with Gasteiger partial charge in [-0.05, 0) is 51.0 Å². The smallest absolute Gasteiger partial charge is 0.107 e. The summed E-state index contributed by atoms with van der Waals surface area (Å²) in [6, 6.07) is 0. The van der Waals surface area contributed by atoms with E-state index in [-0.39, 0.29) is 6.23 Å². The molecule has 6 heteroatoms. The fourth-order valence-corrected chi connectivity index (χ4v) is 1.64. The minimum atomic E-state index is -0.618. The van der Waals surface area contributed by atoms with Gasteiger partial charge in [0.1, 0.15) is 12.5 Å². The lowest BCUT2D eigenvalue weighted by Gasteiger charge is -2.17. The lowest BCUT2D eigenvalue weighted by molar-refractivity contribution is 0.0387. The molecule has 0 bridgehead atoms. The molecule has 16 heavy (non-hydrogen) atoms. The van der Waals surface area contributed by atoms with E-state index < -0.39 is 6.23 Å². The van der Waals surface area contributed by atoms with E-state index in [1.807, 2.05) is 31.5 Å². The zero-order chi connectivity index (χ0) is 13.0. The highest BCUT2D eigenvalue weighted by molar-refractivity contribution is 7.98. The molecule has 100 valence electrons. The maximum atomic E-state index is 9.17. The molecule has 0 aliphatic carbocycles. The number of aliphatic hydroxyl groups is 2. The highest BCUT2D eigenvalue weighted by atomic mass is 32.2. The summed E-state index contributed by atoms with van der Waals surface area (Å²) >= 11 is 3.45. The summed E-state index contributed by atoms with van der Waals surface area (Å²) in [6.45, 7) is 0. The van der Waals surface area contributed by atoms with Gasteiger partial charge in [0, 0.05) is 0 Å². The van der Waals surface area contributed by atoms with Gasteiger partial charge in [-0.1, -0.05) is 0 Å². The number of nitrogens with two attached hydrogens (primary N) is 1. The third kappa shape index (κ3) is 17.0. The summed E-state index contributed by atoms with van der Waals surface area (Å²) < 4.78 is 0. The van der Waals surface area contributed by atoms with Gasteiger partial charge in [0.15, 0.2) is 0 Å². The standard InChI is InChI=1S/C6H15NOS.C4H11NOS/c1-7(2)6(8)4-5-9-3;1-7-3-2-4(5)6/h6,8H,4-5H2,1-3H3;4,6H,2-3,5H2,1H3. The van der Waals surface area contributed by atoms with Crippen molar-refractivity contribution in [3.05, 3.63) is 0 Å². The second-order valence-electron chi connectivity index (χ2n) is 3.57. The van der Waals surface area contributed by atoms with Gasteiger partial charge in [0.25, 0.3) is 0 Å². The molecular weight excluding hydrogens is 244 g/mol. The maximum Gasteiger partial charge on any atom is 0.107 e. The van der Waals surface area contributed by atoms with Gasteiger partial charge in [-0.3, -0.25) is 4.90 Å². The van der Waals surface area contributed by atoms with Crippen LogP contribution in [0, 0.1) is 0 Å². The van der Waals surface area contributed by atoms with Crippen LogP contribution in [0.1, 0.15) is 12.8 Å². The van der Waals surface area contributed by atoms with Crippen molar-refractivity contribution >= 4 is 23.5 Å². The minimum absolute atomic E-state index is 0.266. The Kier molecular flexibility index (Phi) is 16.1. The zero-order valence-corrected chi connectivity index (χ0v) is 12.4. The molecular formula is C10H26N2O2S2. The van der Waals surface area contributed by atoms with Crippen molar-refractivity contribution in [2.75, 3.05) is 38.1 Å². The summed E-state index contributed by atoms with van der Waals surface area (Å²) in [4.78, 5) is 1.82. The van der Waals surface area contributed by atoms with Crippen LogP contribution in [0.3, 0.4) is 0 Å². The van der Waals surface area contributed by atoms with E-state index in [0.29, 0.717) is 6.42 Å².